The lowest BCUT2D eigenvalue weighted by Crippen LogP contribution is -2.53. The lowest BCUT2D eigenvalue weighted by molar-refractivity contribution is -0.151. The minimum Gasteiger partial charge on any atom is -0.457 e. The van der Waals surface area contributed by atoms with Gasteiger partial charge in [0.1, 0.15) is 12.2 Å². The molecule has 2 aromatic rings. The molecule has 1 heterocycles. The normalized spacial score (nSPS) is 24.1. The predicted molar refractivity (Wildman–Crippen MR) is 161 cm³/mol. The quantitative estimate of drug-likeness (QED) is 0.217. The van der Waals surface area contributed by atoms with Crippen molar-refractivity contribution in [2.45, 2.75) is 108 Å². The largest absolute Gasteiger partial charge is 0.457 e. The first-order valence-electron chi connectivity index (χ1n) is 13.7. The van der Waals surface area contributed by atoms with Crippen LogP contribution in [0.3, 0.4) is 0 Å². The molecule has 4 nitrogen and oxygen atoms in total. The van der Waals surface area contributed by atoms with Gasteiger partial charge in [0, 0.05) is 18.4 Å². The van der Waals surface area contributed by atoms with Crippen LogP contribution in [-0.4, -0.2) is 40.4 Å². The molecule has 6 heteroatoms. The number of carbonyl (C=O) groups is 1. The summed E-state index contributed by atoms with van der Waals surface area (Å²) in [6.45, 7) is 22.1. The van der Waals surface area contributed by atoms with E-state index in [4.69, 9.17) is 13.6 Å². The van der Waals surface area contributed by atoms with Crippen molar-refractivity contribution in [3.05, 3.63) is 59.7 Å². The molecule has 1 fully saturated rings. The van der Waals surface area contributed by atoms with Crippen LogP contribution in [0.5, 0.6) is 0 Å². The van der Waals surface area contributed by atoms with E-state index in [-0.39, 0.29) is 22.1 Å². The fraction of sp³-hybridized carbons (Fsp3) is 0.531. The number of benzene rings is 2. The van der Waals surface area contributed by atoms with Gasteiger partial charge in [0.05, 0.1) is 0 Å². The molecule has 0 spiro atoms. The Kier molecular flexibility index (Phi) is 7.42. The number of carbonyl (C=O) groups excluding carboxylic acids is 1. The molecule has 1 aliphatic carbocycles. The van der Waals surface area contributed by atoms with Crippen molar-refractivity contribution >= 4 is 33.4 Å². The van der Waals surface area contributed by atoms with Gasteiger partial charge in [-0.25, -0.2) is 4.79 Å². The smallest absolute Gasteiger partial charge is 0.342 e. The maximum absolute atomic E-state index is 13.4. The van der Waals surface area contributed by atoms with Crippen molar-refractivity contribution in [1.29, 1.82) is 0 Å². The van der Waals surface area contributed by atoms with Gasteiger partial charge in [-0.1, -0.05) is 95.8 Å². The van der Waals surface area contributed by atoms with E-state index in [1.807, 2.05) is 6.08 Å². The first-order chi connectivity index (χ1) is 17.4. The van der Waals surface area contributed by atoms with Crippen LogP contribution >= 0.6 is 0 Å². The second kappa shape index (κ2) is 9.78. The second-order valence-electron chi connectivity index (χ2n) is 14.0. The zero-order chi connectivity index (χ0) is 28.1. The van der Waals surface area contributed by atoms with Gasteiger partial charge in [-0.15, -0.1) is 0 Å². The molecule has 0 saturated carbocycles. The van der Waals surface area contributed by atoms with E-state index in [1.165, 1.54) is 10.8 Å². The van der Waals surface area contributed by atoms with Crippen molar-refractivity contribution in [2.75, 3.05) is 0 Å². The molecule has 4 rings (SSSR count). The van der Waals surface area contributed by atoms with E-state index in [9.17, 15) is 4.79 Å². The maximum Gasteiger partial charge on any atom is 0.342 e. The van der Waals surface area contributed by atoms with Crippen LogP contribution in [-0.2, 0) is 24.8 Å². The Balaban J connectivity index is 1.71. The van der Waals surface area contributed by atoms with Crippen LogP contribution in [0.25, 0.3) is 10.8 Å². The van der Waals surface area contributed by atoms with Crippen molar-refractivity contribution in [1.82, 2.24) is 0 Å². The SMILES string of the molecule is CC(C)(C)[Si](C)(C)O[C@@H]1C(C#CCc2ccc3ccccc3c2)=C[C@]2(O[Si](C)(C)C(C)(C)C)C[C@H]1OC2=O. The van der Waals surface area contributed by atoms with Gasteiger partial charge >= 0.3 is 5.97 Å². The first-order valence-corrected chi connectivity index (χ1v) is 19.5. The van der Waals surface area contributed by atoms with Crippen LogP contribution in [0.4, 0.5) is 0 Å². The Hall–Kier alpha value is -2.18. The molecule has 1 saturated heterocycles. The minimum absolute atomic E-state index is 0.0193. The van der Waals surface area contributed by atoms with E-state index >= 15 is 0 Å². The number of hydrogen-bond donors (Lipinski definition) is 0. The van der Waals surface area contributed by atoms with E-state index in [2.05, 4.69) is 122 Å². The predicted octanol–water partition coefficient (Wildman–Crippen LogP) is 7.79. The molecule has 0 amide bonds. The molecule has 0 radical (unpaired) electrons. The van der Waals surface area contributed by atoms with Gasteiger partial charge in [0.25, 0.3) is 0 Å². The number of fused-ring (bicyclic) bond motifs is 3. The molecular formula is C32H44O4Si2. The molecule has 0 unspecified atom stereocenters. The summed E-state index contributed by atoms with van der Waals surface area (Å²) in [7, 11) is -4.43. The summed E-state index contributed by atoms with van der Waals surface area (Å²) >= 11 is 0. The summed E-state index contributed by atoms with van der Waals surface area (Å²) in [6.07, 6.45) is 2.28. The highest BCUT2D eigenvalue weighted by atomic mass is 28.4. The summed E-state index contributed by atoms with van der Waals surface area (Å²) in [5, 5.41) is 2.41. The van der Waals surface area contributed by atoms with Crippen LogP contribution < -0.4 is 0 Å². The van der Waals surface area contributed by atoms with E-state index in [1.54, 1.807) is 0 Å². The van der Waals surface area contributed by atoms with Crippen LogP contribution in [0, 0.1) is 11.8 Å². The van der Waals surface area contributed by atoms with Crippen LogP contribution in [0.2, 0.25) is 36.3 Å². The number of rotatable bonds is 5. The van der Waals surface area contributed by atoms with E-state index < -0.39 is 28.3 Å². The van der Waals surface area contributed by atoms with Crippen molar-refractivity contribution in [2.24, 2.45) is 0 Å². The molecule has 2 bridgehead atoms. The van der Waals surface area contributed by atoms with Crippen LogP contribution in [0.1, 0.15) is 53.5 Å². The lowest BCUT2D eigenvalue weighted by atomic mass is 9.85. The molecule has 1 aliphatic heterocycles. The molecule has 0 N–H and O–H groups in total. The standard InChI is InChI=1S/C32H44O4Si2/c1-30(2,3)37(7,8)35-28-26(17-13-14-23-18-19-24-15-11-12-16-25(24)20-23)21-32(22-27(28)34-29(32)33)36-38(9,10)31(4,5)6/h11-12,15-16,18-21,27-28H,14,22H2,1-10H3/t27-,28-,32+/m1/s1. The summed E-state index contributed by atoms with van der Waals surface area (Å²) in [5.41, 5.74) is 0.891. The summed E-state index contributed by atoms with van der Waals surface area (Å²) < 4.78 is 19.7. The Morgan fingerprint density at radius 1 is 0.947 bits per heavy atom. The monoisotopic (exact) mass is 548 g/mol. The highest BCUT2D eigenvalue weighted by Crippen LogP contribution is 2.48. The zero-order valence-electron chi connectivity index (χ0n) is 24.8. The lowest BCUT2D eigenvalue weighted by Gasteiger charge is -2.44. The Bertz CT molecular complexity index is 1320. The maximum atomic E-state index is 13.4. The number of esters is 1. The van der Waals surface area contributed by atoms with Gasteiger partial charge in [0.2, 0.25) is 0 Å². The highest BCUT2D eigenvalue weighted by Gasteiger charge is 2.60. The highest BCUT2D eigenvalue weighted by molar-refractivity contribution is 6.74. The second-order valence-corrected chi connectivity index (χ2v) is 23.4. The van der Waals surface area contributed by atoms with Crippen LogP contribution in [0.15, 0.2) is 54.1 Å². The third-order valence-corrected chi connectivity index (χ3v) is 17.9. The van der Waals surface area contributed by atoms with Gasteiger partial charge in [-0.3, -0.25) is 0 Å². The van der Waals surface area contributed by atoms with Crippen molar-refractivity contribution in [3.63, 3.8) is 0 Å². The molecule has 38 heavy (non-hydrogen) atoms. The fourth-order valence-electron chi connectivity index (χ4n) is 4.54. The van der Waals surface area contributed by atoms with Gasteiger partial charge in [0.15, 0.2) is 22.2 Å². The van der Waals surface area contributed by atoms with Crippen molar-refractivity contribution in [3.8, 4) is 11.8 Å². The molecule has 2 aromatic carbocycles. The summed E-state index contributed by atoms with van der Waals surface area (Å²) in [5.74, 6) is 6.51. The average Bonchev–Trinajstić information content (AvgIpc) is 3.05. The van der Waals surface area contributed by atoms with Crippen molar-refractivity contribution < 1.29 is 18.4 Å². The molecular weight excluding hydrogens is 505 g/mol. The van der Waals surface area contributed by atoms with E-state index in [0.29, 0.717) is 12.8 Å². The Morgan fingerprint density at radius 2 is 1.58 bits per heavy atom. The third kappa shape index (κ3) is 5.58. The van der Waals surface area contributed by atoms with Gasteiger partial charge in [-0.2, -0.15) is 0 Å². The molecule has 0 aromatic heterocycles. The molecule has 3 atom stereocenters. The van der Waals surface area contributed by atoms with E-state index in [0.717, 1.165) is 11.1 Å². The number of hydrogen-bond acceptors (Lipinski definition) is 4. The topological polar surface area (TPSA) is 44.8 Å². The van der Waals surface area contributed by atoms with Gasteiger partial charge < -0.3 is 13.6 Å². The minimum atomic E-state index is -2.26. The number of ether oxygens (including phenoxy) is 1. The summed E-state index contributed by atoms with van der Waals surface area (Å²) in [4.78, 5) is 13.4. The average molecular weight is 549 g/mol. The zero-order valence-corrected chi connectivity index (χ0v) is 26.8. The fourth-order valence-corrected chi connectivity index (χ4v) is 7.25. The molecule has 204 valence electrons. The first kappa shape index (κ1) is 28.8. The Labute approximate surface area is 231 Å². The summed E-state index contributed by atoms with van der Waals surface area (Å²) in [6, 6.07) is 14.8. The Morgan fingerprint density at radius 3 is 2.21 bits per heavy atom. The van der Waals surface area contributed by atoms with Gasteiger partial charge in [-0.05, 0) is 58.7 Å². The molecule has 2 aliphatic rings. The third-order valence-electron chi connectivity index (χ3n) is 8.95.